The minimum atomic E-state index is -4.01. The van der Waals surface area contributed by atoms with E-state index in [4.69, 9.17) is 27.6 Å². The quantitative estimate of drug-likeness (QED) is 0.187. The first-order chi connectivity index (χ1) is 17.2. The monoisotopic (exact) mass is 605 g/mol. The highest BCUT2D eigenvalue weighted by atomic mass is 79.9. The number of hydrogen-bond acceptors (Lipinski definition) is 5. The molecule has 0 bridgehead atoms. The van der Waals surface area contributed by atoms with Gasteiger partial charge in [-0.2, -0.15) is 5.10 Å². The average molecular weight is 607 g/mol. The summed E-state index contributed by atoms with van der Waals surface area (Å²) in [5.41, 5.74) is 3.33. The van der Waals surface area contributed by atoms with Crippen molar-refractivity contribution in [3.8, 4) is 11.3 Å². The molecule has 1 aromatic heterocycles. The number of nitrogens with one attached hydrogen (secondary N) is 1. The predicted octanol–water partition coefficient (Wildman–Crippen LogP) is 6.36. The van der Waals surface area contributed by atoms with E-state index in [0.29, 0.717) is 32.8 Å². The molecule has 1 N–H and O–H groups in total. The van der Waals surface area contributed by atoms with Gasteiger partial charge >= 0.3 is 0 Å². The maximum absolute atomic E-state index is 13.3. The number of amides is 1. The van der Waals surface area contributed by atoms with Gasteiger partial charge in [-0.25, -0.2) is 13.8 Å². The lowest BCUT2D eigenvalue weighted by atomic mass is 10.2. The predicted molar refractivity (Wildman–Crippen MR) is 145 cm³/mol. The van der Waals surface area contributed by atoms with Crippen LogP contribution in [0.2, 0.25) is 10.0 Å². The molecule has 0 aliphatic rings. The minimum absolute atomic E-state index is 0.0631. The third kappa shape index (κ3) is 6.17. The molecule has 0 radical (unpaired) electrons. The molecule has 0 atom stereocenters. The summed E-state index contributed by atoms with van der Waals surface area (Å²) in [6.45, 7) is -0.486. The molecule has 3 aromatic carbocycles. The van der Waals surface area contributed by atoms with Gasteiger partial charge in [-0.3, -0.25) is 9.10 Å². The molecule has 4 aromatic rings. The second kappa shape index (κ2) is 11.3. The van der Waals surface area contributed by atoms with Crippen molar-refractivity contribution in [1.82, 2.24) is 5.43 Å². The highest BCUT2D eigenvalue weighted by Gasteiger charge is 2.27. The zero-order chi connectivity index (χ0) is 25.7. The summed E-state index contributed by atoms with van der Waals surface area (Å²) < 4.78 is 34.1. The van der Waals surface area contributed by atoms with Gasteiger partial charge in [0.05, 0.1) is 21.8 Å². The highest BCUT2D eigenvalue weighted by molar-refractivity contribution is 9.10. The zero-order valence-electron chi connectivity index (χ0n) is 18.4. The van der Waals surface area contributed by atoms with Gasteiger partial charge < -0.3 is 4.42 Å². The summed E-state index contributed by atoms with van der Waals surface area (Å²) >= 11 is 15.5. The maximum Gasteiger partial charge on any atom is 0.264 e. The Labute approximate surface area is 226 Å². The molecule has 36 heavy (non-hydrogen) atoms. The Morgan fingerprint density at radius 1 is 1.00 bits per heavy atom. The number of nitrogens with zero attached hydrogens (tertiary/aromatic N) is 2. The zero-order valence-corrected chi connectivity index (χ0v) is 22.4. The first-order valence-electron chi connectivity index (χ1n) is 10.4. The van der Waals surface area contributed by atoms with Crippen LogP contribution in [0, 0.1) is 0 Å². The number of hydrogen-bond donors (Lipinski definition) is 1. The molecular weight excluding hydrogens is 589 g/mol. The summed E-state index contributed by atoms with van der Waals surface area (Å²) in [6, 6.07) is 22.9. The van der Waals surface area contributed by atoms with Gasteiger partial charge in [-0.05, 0) is 66.7 Å². The number of rotatable bonds is 8. The van der Waals surface area contributed by atoms with Crippen LogP contribution in [0.1, 0.15) is 5.76 Å². The van der Waals surface area contributed by atoms with E-state index in [0.717, 1.165) is 8.78 Å². The Balaban J connectivity index is 1.49. The Kier molecular flexibility index (Phi) is 8.15. The molecule has 0 fully saturated rings. The molecule has 0 spiro atoms. The first kappa shape index (κ1) is 26.0. The van der Waals surface area contributed by atoms with Crippen LogP contribution in [0.5, 0.6) is 0 Å². The fourth-order valence-electron chi connectivity index (χ4n) is 3.23. The van der Waals surface area contributed by atoms with E-state index in [-0.39, 0.29) is 4.90 Å². The van der Waals surface area contributed by atoms with Crippen LogP contribution in [0.15, 0.2) is 104 Å². The molecule has 1 heterocycles. The number of carbonyl (C=O) groups is 1. The van der Waals surface area contributed by atoms with Crippen molar-refractivity contribution in [2.24, 2.45) is 5.10 Å². The standard InChI is InChI=1S/C25H18BrCl2N3O4S/c26-17-6-9-19(10-7-17)31(36(33,34)21-4-2-1-3-5-21)16-25(32)30-29-15-20-11-13-24(35-20)22-12-8-18(27)14-23(22)28/h1-15H,16H2,(H,30,32)/b29-15-. The van der Waals surface area contributed by atoms with Crippen molar-refractivity contribution in [2.75, 3.05) is 10.8 Å². The van der Waals surface area contributed by atoms with Crippen molar-refractivity contribution in [1.29, 1.82) is 0 Å². The van der Waals surface area contributed by atoms with Crippen molar-refractivity contribution >= 4 is 67.0 Å². The molecule has 0 unspecified atom stereocenters. The van der Waals surface area contributed by atoms with Crippen LogP contribution in [0.3, 0.4) is 0 Å². The second-order valence-electron chi connectivity index (χ2n) is 7.42. The lowest BCUT2D eigenvalue weighted by Crippen LogP contribution is -2.39. The number of furan rings is 1. The Morgan fingerprint density at radius 2 is 1.72 bits per heavy atom. The van der Waals surface area contributed by atoms with Gasteiger partial charge in [-0.15, -0.1) is 0 Å². The number of sulfonamides is 1. The largest absolute Gasteiger partial charge is 0.455 e. The highest BCUT2D eigenvalue weighted by Crippen LogP contribution is 2.31. The van der Waals surface area contributed by atoms with Crippen LogP contribution in [0.25, 0.3) is 11.3 Å². The molecule has 11 heteroatoms. The first-order valence-corrected chi connectivity index (χ1v) is 13.4. The third-order valence-corrected chi connectivity index (χ3v) is 7.80. The van der Waals surface area contributed by atoms with Crippen molar-refractivity contribution in [3.05, 3.63) is 105 Å². The van der Waals surface area contributed by atoms with Crippen LogP contribution < -0.4 is 9.73 Å². The molecule has 0 aliphatic heterocycles. The Hall–Kier alpha value is -3.11. The van der Waals surface area contributed by atoms with Gasteiger partial charge in [0.25, 0.3) is 15.9 Å². The van der Waals surface area contributed by atoms with Crippen LogP contribution >= 0.6 is 39.1 Å². The lowest BCUT2D eigenvalue weighted by molar-refractivity contribution is -0.119. The molecule has 4 rings (SSSR count). The van der Waals surface area contributed by atoms with Gasteiger partial charge in [-0.1, -0.05) is 57.3 Å². The van der Waals surface area contributed by atoms with Gasteiger partial charge in [0.15, 0.2) is 0 Å². The lowest BCUT2D eigenvalue weighted by Gasteiger charge is -2.23. The van der Waals surface area contributed by atoms with Crippen molar-refractivity contribution in [2.45, 2.75) is 4.90 Å². The molecule has 7 nitrogen and oxygen atoms in total. The summed E-state index contributed by atoms with van der Waals surface area (Å²) in [5, 5.41) is 4.84. The number of halogens is 3. The van der Waals surface area contributed by atoms with E-state index in [1.807, 2.05) is 0 Å². The number of anilines is 1. The molecule has 1 amide bonds. The Bertz CT molecular complexity index is 1510. The smallest absolute Gasteiger partial charge is 0.264 e. The van der Waals surface area contributed by atoms with E-state index >= 15 is 0 Å². The molecule has 0 aliphatic carbocycles. The maximum atomic E-state index is 13.3. The van der Waals surface area contributed by atoms with Gasteiger partial charge in [0.1, 0.15) is 18.1 Å². The van der Waals surface area contributed by atoms with Crippen LogP contribution in [0.4, 0.5) is 5.69 Å². The second-order valence-corrected chi connectivity index (χ2v) is 11.0. The molecule has 0 saturated heterocycles. The summed E-state index contributed by atoms with van der Waals surface area (Å²) in [6.07, 6.45) is 1.31. The van der Waals surface area contributed by atoms with E-state index in [2.05, 4.69) is 26.5 Å². The summed E-state index contributed by atoms with van der Waals surface area (Å²) in [5.74, 6) is 0.221. The van der Waals surface area contributed by atoms with E-state index in [9.17, 15) is 13.2 Å². The Morgan fingerprint density at radius 3 is 2.42 bits per heavy atom. The summed E-state index contributed by atoms with van der Waals surface area (Å²) in [4.78, 5) is 12.7. The normalized spacial score (nSPS) is 11.5. The van der Waals surface area contributed by atoms with Crippen LogP contribution in [-0.4, -0.2) is 27.1 Å². The van der Waals surface area contributed by atoms with Gasteiger partial charge in [0, 0.05) is 15.1 Å². The topological polar surface area (TPSA) is 92.0 Å². The SMILES string of the molecule is O=C(CN(c1ccc(Br)cc1)S(=O)(=O)c1ccccc1)N/N=C\c1ccc(-c2ccc(Cl)cc2Cl)o1. The van der Waals surface area contributed by atoms with E-state index in [1.54, 1.807) is 72.8 Å². The third-order valence-electron chi connectivity index (χ3n) is 4.94. The molecule has 184 valence electrons. The van der Waals surface area contributed by atoms with Crippen molar-refractivity contribution in [3.63, 3.8) is 0 Å². The fraction of sp³-hybridized carbons (Fsp3) is 0.0400. The minimum Gasteiger partial charge on any atom is -0.455 e. The molecular formula is C25H18BrCl2N3O4S. The number of carbonyl (C=O) groups excluding carboxylic acids is 1. The van der Waals surface area contributed by atoms with E-state index in [1.165, 1.54) is 18.3 Å². The fourth-order valence-corrected chi connectivity index (χ4v) is 5.44. The van der Waals surface area contributed by atoms with Gasteiger partial charge in [0.2, 0.25) is 0 Å². The summed E-state index contributed by atoms with van der Waals surface area (Å²) in [7, 11) is -4.01. The number of benzene rings is 3. The van der Waals surface area contributed by atoms with Crippen LogP contribution in [-0.2, 0) is 14.8 Å². The average Bonchev–Trinajstić information content (AvgIpc) is 3.32. The molecule has 0 saturated carbocycles. The van der Waals surface area contributed by atoms with E-state index < -0.39 is 22.5 Å². The van der Waals surface area contributed by atoms with Crippen molar-refractivity contribution < 1.29 is 17.6 Å². The number of hydrazone groups is 1.